The number of hydrogen-bond donors (Lipinski definition) is 1. The van der Waals surface area contributed by atoms with Gasteiger partial charge in [-0.15, -0.1) is 0 Å². The molecule has 0 saturated heterocycles. The maximum atomic E-state index is 5.84. The second-order valence-corrected chi connectivity index (χ2v) is 4.74. The Kier molecular flexibility index (Phi) is 5.91. The van der Waals surface area contributed by atoms with Crippen LogP contribution in [0.5, 0.6) is 0 Å². The Bertz CT molecular complexity index is 78.1. The van der Waals surface area contributed by atoms with Crippen molar-refractivity contribution in [3.8, 4) is 0 Å². The van der Waals surface area contributed by atoms with Crippen molar-refractivity contribution < 1.29 is 9.47 Å². The van der Waals surface area contributed by atoms with E-state index in [0.717, 1.165) is 12.5 Å². The van der Waals surface area contributed by atoms with E-state index < -0.39 is 8.96 Å². The molecule has 0 amide bonds. The van der Waals surface area contributed by atoms with Crippen molar-refractivity contribution in [1.29, 1.82) is 0 Å². The van der Waals surface area contributed by atoms with Crippen LogP contribution in [0.4, 0.5) is 0 Å². The Morgan fingerprint density at radius 1 is 1.40 bits per heavy atom. The molecule has 0 heterocycles. The van der Waals surface area contributed by atoms with Gasteiger partial charge in [0.25, 0.3) is 0 Å². The summed E-state index contributed by atoms with van der Waals surface area (Å²) < 4.78 is 10.1. The second kappa shape index (κ2) is 5.85. The van der Waals surface area contributed by atoms with E-state index in [9.17, 15) is 0 Å². The zero-order valence-electron chi connectivity index (χ0n) is 6.96. The fraction of sp³-hybridized carbons (Fsp3) is 1.00. The highest BCUT2D eigenvalue weighted by Gasteiger charge is 2.16. The van der Waals surface area contributed by atoms with Crippen LogP contribution in [-0.2, 0) is 9.47 Å². The summed E-state index contributed by atoms with van der Waals surface area (Å²) in [7, 11) is 2.01. The van der Waals surface area contributed by atoms with E-state index in [4.69, 9.17) is 14.9 Å². The van der Waals surface area contributed by atoms with Gasteiger partial charge in [-0.2, -0.15) is 0 Å². The van der Waals surface area contributed by atoms with Crippen molar-refractivity contribution >= 4 is 8.96 Å². The molecule has 0 aliphatic carbocycles. The summed E-state index contributed by atoms with van der Waals surface area (Å²) in [5, 5.41) is 5.84. The van der Waals surface area contributed by atoms with Crippen molar-refractivity contribution in [3.63, 3.8) is 0 Å². The van der Waals surface area contributed by atoms with E-state index in [1.807, 2.05) is 0 Å². The summed E-state index contributed by atoms with van der Waals surface area (Å²) in [5.74, 6) is -0.111. The summed E-state index contributed by atoms with van der Waals surface area (Å²) in [6, 6.07) is 1.08. The molecule has 0 rings (SSSR count). The molecule has 0 aromatic rings. The highest BCUT2D eigenvalue weighted by molar-refractivity contribution is 6.56. The first-order valence-corrected chi connectivity index (χ1v) is 5.72. The Labute approximate surface area is 64.2 Å². The van der Waals surface area contributed by atoms with Gasteiger partial charge >= 0.3 is 0 Å². The lowest BCUT2D eigenvalue weighted by Gasteiger charge is -2.18. The topological polar surface area (TPSA) is 44.5 Å². The summed E-state index contributed by atoms with van der Waals surface area (Å²) in [6.07, 6.45) is 1.12. The number of methoxy groups -OCH3 is 2. The standard InChI is InChI=1S/C6H17NO2Si/c1-4-5-10(7)6(8-2)9-3/h6,10H,4-5,7H2,1-3H3. The molecule has 0 aromatic heterocycles. The van der Waals surface area contributed by atoms with Gasteiger partial charge in [0.05, 0.1) is 0 Å². The lowest BCUT2D eigenvalue weighted by atomic mass is 10.6. The van der Waals surface area contributed by atoms with Crippen LogP contribution in [0.15, 0.2) is 0 Å². The smallest absolute Gasteiger partial charge is 0.172 e. The van der Waals surface area contributed by atoms with E-state index in [1.165, 1.54) is 0 Å². The van der Waals surface area contributed by atoms with E-state index in [-0.39, 0.29) is 5.91 Å². The van der Waals surface area contributed by atoms with Crippen LogP contribution >= 0.6 is 0 Å². The first kappa shape index (κ1) is 10.1. The van der Waals surface area contributed by atoms with Gasteiger partial charge in [0.15, 0.2) is 14.9 Å². The van der Waals surface area contributed by atoms with Crippen molar-refractivity contribution in [1.82, 2.24) is 0 Å². The fourth-order valence-electron chi connectivity index (χ4n) is 0.915. The summed E-state index contributed by atoms with van der Waals surface area (Å²) >= 11 is 0. The van der Waals surface area contributed by atoms with Crippen LogP contribution in [-0.4, -0.2) is 29.1 Å². The van der Waals surface area contributed by atoms with Gasteiger partial charge in [0, 0.05) is 14.2 Å². The Balaban J connectivity index is 3.53. The molecule has 1 unspecified atom stereocenters. The quantitative estimate of drug-likeness (QED) is 0.466. The largest absolute Gasteiger partial charge is 0.358 e. The summed E-state index contributed by atoms with van der Waals surface area (Å²) in [6.45, 7) is 2.12. The molecule has 4 heteroatoms. The maximum absolute atomic E-state index is 5.84. The minimum atomic E-state index is -1.26. The highest BCUT2D eigenvalue weighted by Crippen LogP contribution is 2.00. The molecule has 62 valence electrons. The molecule has 2 N–H and O–H groups in total. The van der Waals surface area contributed by atoms with Gasteiger partial charge in [0.2, 0.25) is 0 Å². The molecule has 1 atom stereocenters. The predicted octanol–water partition coefficient (Wildman–Crippen LogP) is 0.237. The van der Waals surface area contributed by atoms with Crippen molar-refractivity contribution in [2.75, 3.05) is 14.2 Å². The average molecular weight is 163 g/mol. The normalized spacial score (nSPS) is 14.1. The Hall–Kier alpha value is 0.0969. The number of hydrogen-bond acceptors (Lipinski definition) is 3. The van der Waals surface area contributed by atoms with Gasteiger partial charge in [-0.25, -0.2) is 0 Å². The molecule has 0 bridgehead atoms. The molecular weight excluding hydrogens is 146 g/mol. The molecular formula is C6H17NO2Si. The lowest BCUT2D eigenvalue weighted by Crippen LogP contribution is -2.42. The number of rotatable bonds is 5. The van der Waals surface area contributed by atoms with Crippen molar-refractivity contribution in [2.45, 2.75) is 25.3 Å². The fourth-order valence-corrected chi connectivity index (χ4v) is 2.55. The van der Waals surface area contributed by atoms with E-state index in [0.29, 0.717) is 0 Å². The number of ether oxygens (including phenoxy) is 2. The molecule has 3 nitrogen and oxygen atoms in total. The van der Waals surface area contributed by atoms with Gasteiger partial charge in [-0.1, -0.05) is 13.3 Å². The summed E-state index contributed by atoms with van der Waals surface area (Å²) in [4.78, 5) is 0. The minimum absolute atomic E-state index is 0.111. The maximum Gasteiger partial charge on any atom is 0.172 e. The Morgan fingerprint density at radius 2 is 1.90 bits per heavy atom. The van der Waals surface area contributed by atoms with Gasteiger partial charge < -0.3 is 14.9 Å². The van der Waals surface area contributed by atoms with E-state index in [2.05, 4.69) is 6.92 Å². The van der Waals surface area contributed by atoms with Crippen LogP contribution < -0.4 is 5.40 Å². The van der Waals surface area contributed by atoms with Crippen LogP contribution in [0.25, 0.3) is 0 Å². The van der Waals surface area contributed by atoms with Gasteiger partial charge in [0.1, 0.15) is 0 Å². The molecule has 0 aliphatic rings. The average Bonchev–Trinajstić information content (AvgIpc) is 1.91. The first-order chi connectivity index (χ1) is 4.76. The third-order valence-corrected chi connectivity index (χ3v) is 3.92. The van der Waals surface area contributed by atoms with Crippen molar-refractivity contribution in [2.24, 2.45) is 5.40 Å². The van der Waals surface area contributed by atoms with Gasteiger partial charge in [-0.05, 0) is 6.04 Å². The summed E-state index contributed by atoms with van der Waals surface area (Å²) in [5.41, 5.74) is 0. The molecule has 0 aliphatic heterocycles. The Morgan fingerprint density at radius 3 is 2.20 bits per heavy atom. The van der Waals surface area contributed by atoms with Crippen LogP contribution in [0.1, 0.15) is 13.3 Å². The van der Waals surface area contributed by atoms with Crippen LogP contribution in [0, 0.1) is 0 Å². The van der Waals surface area contributed by atoms with E-state index >= 15 is 0 Å². The third kappa shape index (κ3) is 3.31. The second-order valence-electron chi connectivity index (χ2n) is 2.29. The van der Waals surface area contributed by atoms with E-state index in [1.54, 1.807) is 14.2 Å². The molecule has 0 radical (unpaired) electrons. The molecule has 0 spiro atoms. The van der Waals surface area contributed by atoms with Crippen LogP contribution in [0.2, 0.25) is 6.04 Å². The zero-order valence-corrected chi connectivity index (χ0v) is 8.12. The molecule has 10 heavy (non-hydrogen) atoms. The molecule has 0 aromatic carbocycles. The third-order valence-electron chi connectivity index (χ3n) is 1.44. The van der Waals surface area contributed by atoms with Crippen molar-refractivity contribution in [3.05, 3.63) is 0 Å². The predicted molar refractivity (Wildman–Crippen MR) is 44.2 cm³/mol. The van der Waals surface area contributed by atoms with Gasteiger partial charge in [-0.3, -0.25) is 0 Å². The molecule has 0 fully saturated rings. The SMILES string of the molecule is CCC[SiH](N)C(OC)OC. The lowest BCUT2D eigenvalue weighted by molar-refractivity contribution is -0.0475. The monoisotopic (exact) mass is 163 g/mol. The molecule has 0 saturated carbocycles. The first-order valence-electron chi connectivity index (χ1n) is 3.57. The zero-order chi connectivity index (χ0) is 7.98. The van der Waals surface area contributed by atoms with Crippen LogP contribution in [0.3, 0.4) is 0 Å². The number of nitrogens with two attached hydrogens (primary N) is 1. The minimum Gasteiger partial charge on any atom is -0.358 e. The highest BCUT2D eigenvalue weighted by atomic mass is 28.3.